The zero-order valence-electron chi connectivity index (χ0n) is 7.11. The quantitative estimate of drug-likeness (QED) is 0.616. The van der Waals surface area contributed by atoms with Gasteiger partial charge in [-0.3, -0.25) is 0 Å². The Labute approximate surface area is 74.8 Å². The van der Waals surface area contributed by atoms with E-state index in [4.69, 9.17) is 10.8 Å². The summed E-state index contributed by atoms with van der Waals surface area (Å²) in [6.45, 7) is 2.42. The van der Waals surface area contributed by atoms with Crippen LogP contribution in [0.3, 0.4) is 0 Å². The van der Waals surface area contributed by atoms with Gasteiger partial charge in [-0.2, -0.15) is 0 Å². The van der Waals surface area contributed by atoms with Crippen LogP contribution in [0.4, 0.5) is 11.6 Å². The third-order valence-electron chi connectivity index (χ3n) is 1.39. The van der Waals surface area contributed by atoms with E-state index in [1.54, 1.807) is 0 Å². The van der Waals surface area contributed by atoms with Crippen LogP contribution < -0.4 is 11.1 Å². The minimum absolute atomic E-state index is 0.0364. The number of carbonyl (C=O) groups is 1. The summed E-state index contributed by atoms with van der Waals surface area (Å²) in [4.78, 5) is 10.7. The lowest BCUT2D eigenvalue weighted by Crippen LogP contribution is -2.10. The van der Waals surface area contributed by atoms with Gasteiger partial charge in [0.05, 0.1) is 0 Å². The Kier molecular flexibility index (Phi) is 2.63. The van der Waals surface area contributed by atoms with Crippen molar-refractivity contribution in [3.05, 3.63) is 11.6 Å². The van der Waals surface area contributed by atoms with Crippen LogP contribution >= 0.6 is 0 Å². The summed E-state index contributed by atoms with van der Waals surface area (Å²) in [5, 5.41) is 18.7. The summed E-state index contributed by atoms with van der Waals surface area (Å²) in [6, 6.07) is 1.27. The van der Waals surface area contributed by atoms with Gasteiger partial charge in [-0.15, -0.1) is 10.2 Å². The van der Waals surface area contributed by atoms with E-state index in [0.717, 1.165) is 0 Å². The predicted molar refractivity (Wildman–Crippen MR) is 47.6 cm³/mol. The molecule has 6 heteroatoms. The Bertz CT molecular complexity index is 326. The smallest absolute Gasteiger partial charge is 0.339 e. The van der Waals surface area contributed by atoms with Gasteiger partial charge < -0.3 is 16.2 Å². The average molecular weight is 182 g/mol. The molecule has 0 aromatic carbocycles. The van der Waals surface area contributed by atoms with Crippen molar-refractivity contribution >= 4 is 17.6 Å². The van der Waals surface area contributed by atoms with E-state index in [1.165, 1.54) is 6.07 Å². The number of aromatic carboxylic acids is 1. The predicted octanol–water partition coefficient (Wildman–Crippen LogP) is 0.189. The van der Waals surface area contributed by atoms with Gasteiger partial charge in [0.15, 0.2) is 5.82 Å². The SMILES string of the molecule is CCNc1nnc(N)cc1C(=O)O. The van der Waals surface area contributed by atoms with Gasteiger partial charge in [0.25, 0.3) is 0 Å². The van der Waals surface area contributed by atoms with Gasteiger partial charge in [0.1, 0.15) is 11.4 Å². The average Bonchev–Trinajstić information content (AvgIpc) is 2.08. The number of carboxylic acids is 1. The van der Waals surface area contributed by atoms with Crippen molar-refractivity contribution in [3.8, 4) is 0 Å². The number of hydrogen-bond acceptors (Lipinski definition) is 5. The molecule has 1 aromatic heterocycles. The number of nitrogens with one attached hydrogen (secondary N) is 1. The van der Waals surface area contributed by atoms with Crippen molar-refractivity contribution < 1.29 is 9.90 Å². The van der Waals surface area contributed by atoms with E-state index in [0.29, 0.717) is 6.54 Å². The molecule has 0 saturated heterocycles. The van der Waals surface area contributed by atoms with Crippen molar-refractivity contribution in [1.82, 2.24) is 10.2 Å². The Morgan fingerprint density at radius 3 is 2.92 bits per heavy atom. The highest BCUT2D eigenvalue weighted by atomic mass is 16.4. The van der Waals surface area contributed by atoms with E-state index in [1.807, 2.05) is 6.92 Å². The second-order valence-electron chi connectivity index (χ2n) is 2.37. The van der Waals surface area contributed by atoms with Crippen molar-refractivity contribution in [1.29, 1.82) is 0 Å². The molecule has 0 aliphatic carbocycles. The molecule has 0 radical (unpaired) electrons. The first-order valence-electron chi connectivity index (χ1n) is 3.75. The van der Waals surface area contributed by atoms with Gasteiger partial charge in [-0.05, 0) is 6.92 Å². The van der Waals surface area contributed by atoms with E-state index < -0.39 is 5.97 Å². The van der Waals surface area contributed by atoms with E-state index >= 15 is 0 Å². The van der Waals surface area contributed by atoms with Crippen LogP contribution in [0.25, 0.3) is 0 Å². The van der Waals surface area contributed by atoms with Gasteiger partial charge >= 0.3 is 5.97 Å². The summed E-state index contributed by atoms with van der Waals surface area (Å²) < 4.78 is 0. The fourth-order valence-electron chi connectivity index (χ4n) is 0.868. The molecule has 0 aliphatic rings. The Hall–Kier alpha value is -1.85. The van der Waals surface area contributed by atoms with Crippen molar-refractivity contribution in [2.45, 2.75) is 6.92 Å². The maximum Gasteiger partial charge on any atom is 0.339 e. The maximum atomic E-state index is 10.7. The lowest BCUT2D eigenvalue weighted by atomic mass is 10.3. The molecule has 0 atom stereocenters. The number of hydrogen-bond donors (Lipinski definition) is 3. The van der Waals surface area contributed by atoms with Crippen LogP contribution in [0.15, 0.2) is 6.07 Å². The molecule has 0 spiro atoms. The minimum Gasteiger partial charge on any atom is -0.478 e. The van der Waals surface area contributed by atoms with Gasteiger partial charge in [0, 0.05) is 12.6 Å². The molecule has 4 N–H and O–H groups in total. The Morgan fingerprint density at radius 2 is 2.38 bits per heavy atom. The molecule has 0 fully saturated rings. The van der Waals surface area contributed by atoms with E-state index in [2.05, 4.69) is 15.5 Å². The Balaban J connectivity index is 3.10. The summed E-state index contributed by atoms with van der Waals surface area (Å²) >= 11 is 0. The van der Waals surface area contributed by atoms with Crippen LogP contribution in [-0.2, 0) is 0 Å². The number of nitrogens with zero attached hydrogens (tertiary/aromatic N) is 2. The van der Waals surface area contributed by atoms with Crippen molar-refractivity contribution in [2.75, 3.05) is 17.6 Å². The monoisotopic (exact) mass is 182 g/mol. The standard InChI is InChI=1S/C7H10N4O2/c1-2-9-6-4(7(12)13)3-5(8)10-11-6/h3H,2H2,1H3,(H2,8,10)(H,9,11)(H,12,13). The first-order chi connectivity index (χ1) is 6.15. The van der Waals surface area contributed by atoms with E-state index in [-0.39, 0.29) is 17.2 Å². The fraction of sp³-hybridized carbons (Fsp3) is 0.286. The van der Waals surface area contributed by atoms with Crippen LogP contribution in [0.2, 0.25) is 0 Å². The lowest BCUT2D eigenvalue weighted by Gasteiger charge is -2.04. The first-order valence-corrected chi connectivity index (χ1v) is 3.75. The Morgan fingerprint density at radius 1 is 1.69 bits per heavy atom. The van der Waals surface area contributed by atoms with Crippen molar-refractivity contribution in [3.63, 3.8) is 0 Å². The molecule has 6 nitrogen and oxygen atoms in total. The number of nitrogen functional groups attached to an aromatic ring is 1. The third kappa shape index (κ3) is 2.05. The highest BCUT2D eigenvalue weighted by Gasteiger charge is 2.11. The molecule has 1 aromatic rings. The van der Waals surface area contributed by atoms with Gasteiger partial charge in [-0.1, -0.05) is 0 Å². The van der Waals surface area contributed by atoms with Crippen LogP contribution in [-0.4, -0.2) is 27.8 Å². The highest BCUT2D eigenvalue weighted by molar-refractivity contribution is 5.93. The highest BCUT2D eigenvalue weighted by Crippen LogP contribution is 2.12. The summed E-state index contributed by atoms with van der Waals surface area (Å²) in [5.74, 6) is -0.735. The lowest BCUT2D eigenvalue weighted by molar-refractivity contribution is 0.0697. The molecule has 70 valence electrons. The number of carboxylic acid groups (broad SMARTS) is 1. The molecule has 0 aliphatic heterocycles. The largest absolute Gasteiger partial charge is 0.478 e. The third-order valence-corrected chi connectivity index (χ3v) is 1.39. The summed E-state index contributed by atoms with van der Waals surface area (Å²) in [7, 11) is 0. The second kappa shape index (κ2) is 3.70. The number of rotatable bonds is 3. The van der Waals surface area contributed by atoms with Crippen LogP contribution in [0.1, 0.15) is 17.3 Å². The van der Waals surface area contributed by atoms with Crippen LogP contribution in [0, 0.1) is 0 Å². The maximum absolute atomic E-state index is 10.7. The molecular weight excluding hydrogens is 172 g/mol. The molecule has 0 unspecified atom stereocenters. The van der Waals surface area contributed by atoms with Gasteiger partial charge in [0.2, 0.25) is 0 Å². The zero-order chi connectivity index (χ0) is 9.84. The number of anilines is 2. The molecular formula is C7H10N4O2. The topological polar surface area (TPSA) is 101 Å². The van der Waals surface area contributed by atoms with E-state index in [9.17, 15) is 4.79 Å². The fourth-order valence-corrected chi connectivity index (χ4v) is 0.868. The first kappa shape index (κ1) is 9.24. The number of aromatic nitrogens is 2. The molecule has 1 heterocycles. The normalized spacial score (nSPS) is 9.62. The zero-order valence-corrected chi connectivity index (χ0v) is 7.11. The molecule has 0 bridgehead atoms. The van der Waals surface area contributed by atoms with Crippen LogP contribution in [0.5, 0.6) is 0 Å². The number of nitrogens with two attached hydrogens (primary N) is 1. The minimum atomic E-state index is -1.07. The van der Waals surface area contributed by atoms with Gasteiger partial charge in [-0.25, -0.2) is 4.79 Å². The molecule has 0 amide bonds. The molecule has 13 heavy (non-hydrogen) atoms. The molecule has 1 rings (SSSR count). The molecule has 0 saturated carbocycles. The summed E-state index contributed by atoms with van der Waals surface area (Å²) in [6.07, 6.45) is 0. The second-order valence-corrected chi connectivity index (χ2v) is 2.37. The van der Waals surface area contributed by atoms with Crippen molar-refractivity contribution in [2.24, 2.45) is 0 Å². The summed E-state index contributed by atoms with van der Waals surface area (Å²) in [5.41, 5.74) is 5.33.